The van der Waals surface area contributed by atoms with Crippen molar-refractivity contribution < 1.29 is 13.2 Å². The highest BCUT2D eigenvalue weighted by Crippen LogP contribution is 2.34. The molecule has 0 fully saturated rings. The van der Waals surface area contributed by atoms with Crippen LogP contribution in [-0.4, -0.2) is 9.97 Å². The van der Waals surface area contributed by atoms with Gasteiger partial charge < -0.3 is 10.7 Å². The van der Waals surface area contributed by atoms with E-state index in [0.717, 1.165) is 12.1 Å². The second-order valence-corrected chi connectivity index (χ2v) is 5.02. The molecule has 3 rings (SSSR count). The van der Waals surface area contributed by atoms with E-state index in [-0.39, 0.29) is 11.3 Å². The van der Waals surface area contributed by atoms with Gasteiger partial charge in [-0.05, 0) is 36.4 Å². The highest BCUT2D eigenvalue weighted by Gasteiger charge is 2.31. The predicted octanol–water partition coefficient (Wildman–Crippen LogP) is 4.48. The lowest BCUT2D eigenvalue weighted by Gasteiger charge is -2.09. The van der Waals surface area contributed by atoms with Crippen LogP contribution in [0.25, 0.3) is 22.4 Å². The molecular formula is C14H9ClF3N3. The van der Waals surface area contributed by atoms with Gasteiger partial charge in [0.15, 0.2) is 0 Å². The molecule has 0 saturated heterocycles. The molecule has 3 nitrogen and oxygen atoms in total. The van der Waals surface area contributed by atoms with Crippen molar-refractivity contribution in [2.45, 2.75) is 6.18 Å². The number of rotatable bonds is 1. The minimum absolute atomic E-state index is 0.0262. The van der Waals surface area contributed by atoms with E-state index in [1.807, 2.05) is 0 Å². The van der Waals surface area contributed by atoms with Crippen molar-refractivity contribution in [3.8, 4) is 11.4 Å². The third-order valence-electron chi connectivity index (χ3n) is 3.00. The Labute approximate surface area is 122 Å². The fourth-order valence-corrected chi connectivity index (χ4v) is 2.24. The van der Waals surface area contributed by atoms with E-state index in [9.17, 15) is 13.2 Å². The van der Waals surface area contributed by atoms with Gasteiger partial charge in [0.1, 0.15) is 5.82 Å². The van der Waals surface area contributed by atoms with Gasteiger partial charge in [-0.25, -0.2) is 4.98 Å². The van der Waals surface area contributed by atoms with Crippen LogP contribution >= 0.6 is 11.6 Å². The largest absolute Gasteiger partial charge is 0.416 e. The quantitative estimate of drug-likeness (QED) is 0.651. The molecule has 0 aliphatic rings. The van der Waals surface area contributed by atoms with Gasteiger partial charge in [0.05, 0.1) is 16.6 Å². The molecule has 0 aliphatic heterocycles. The molecule has 108 valence electrons. The molecular weight excluding hydrogens is 303 g/mol. The number of nitrogens with zero attached hydrogens (tertiary/aromatic N) is 1. The Morgan fingerprint density at radius 1 is 1.10 bits per heavy atom. The highest BCUT2D eigenvalue weighted by molar-refractivity contribution is 6.31. The molecule has 0 radical (unpaired) electrons. The number of benzene rings is 2. The number of hydrogen-bond acceptors (Lipinski definition) is 2. The van der Waals surface area contributed by atoms with E-state index in [4.69, 9.17) is 17.3 Å². The van der Waals surface area contributed by atoms with Gasteiger partial charge in [0.25, 0.3) is 0 Å². The SMILES string of the molecule is Nc1cc(-c2nc3ccc(Cl)cc3[nH]2)cc(C(F)(F)F)c1. The topological polar surface area (TPSA) is 54.7 Å². The Balaban J connectivity index is 2.16. The number of nitrogen functional groups attached to an aromatic ring is 1. The lowest BCUT2D eigenvalue weighted by atomic mass is 10.1. The van der Waals surface area contributed by atoms with Crippen LogP contribution in [0.1, 0.15) is 5.56 Å². The van der Waals surface area contributed by atoms with E-state index in [1.54, 1.807) is 18.2 Å². The number of aromatic nitrogens is 2. The molecule has 0 bridgehead atoms. The smallest absolute Gasteiger partial charge is 0.399 e. The maximum absolute atomic E-state index is 12.8. The molecule has 7 heteroatoms. The first-order valence-electron chi connectivity index (χ1n) is 5.96. The van der Waals surface area contributed by atoms with Crippen LogP contribution in [0.3, 0.4) is 0 Å². The summed E-state index contributed by atoms with van der Waals surface area (Å²) < 4.78 is 38.5. The first-order valence-corrected chi connectivity index (χ1v) is 6.34. The molecule has 0 amide bonds. The maximum atomic E-state index is 12.8. The van der Waals surface area contributed by atoms with Crippen molar-refractivity contribution in [3.05, 3.63) is 47.0 Å². The Kier molecular flexibility index (Phi) is 3.06. The maximum Gasteiger partial charge on any atom is 0.416 e. The molecule has 0 spiro atoms. The van der Waals surface area contributed by atoms with Crippen LogP contribution < -0.4 is 5.73 Å². The zero-order chi connectivity index (χ0) is 15.2. The van der Waals surface area contributed by atoms with E-state index < -0.39 is 11.7 Å². The second kappa shape index (κ2) is 4.66. The predicted molar refractivity (Wildman–Crippen MR) is 76.0 cm³/mol. The van der Waals surface area contributed by atoms with E-state index in [2.05, 4.69) is 9.97 Å². The van der Waals surface area contributed by atoms with Crippen molar-refractivity contribution in [3.63, 3.8) is 0 Å². The summed E-state index contributed by atoms with van der Waals surface area (Å²) in [6, 6.07) is 8.35. The van der Waals surface area contributed by atoms with E-state index in [0.29, 0.717) is 21.9 Å². The van der Waals surface area contributed by atoms with Gasteiger partial charge in [-0.3, -0.25) is 0 Å². The number of nitrogens with one attached hydrogen (secondary N) is 1. The summed E-state index contributed by atoms with van der Waals surface area (Å²) in [4.78, 5) is 7.19. The normalized spacial score (nSPS) is 12.0. The highest BCUT2D eigenvalue weighted by atomic mass is 35.5. The summed E-state index contributed by atoms with van der Waals surface area (Å²) in [6.45, 7) is 0. The minimum Gasteiger partial charge on any atom is -0.399 e. The summed E-state index contributed by atoms with van der Waals surface area (Å²) in [7, 11) is 0. The van der Waals surface area contributed by atoms with Crippen LogP contribution in [0.2, 0.25) is 5.02 Å². The standard InChI is InChI=1S/C14H9ClF3N3/c15-9-1-2-11-12(6-9)21-13(20-11)7-3-8(14(16,17)18)5-10(19)4-7/h1-6H,19H2,(H,20,21). The average molecular weight is 312 g/mol. The van der Waals surface area contributed by atoms with Crippen LogP contribution in [0.5, 0.6) is 0 Å². The summed E-state index contributed by atoms with van der Waals surface area (Å²) >= 11 is 5.87. The third-order valence-corrected chi connectivity index (χ3v) is 3.24. The van der Waals surface area contributed by atoms with Gasteiger partial charge in [0, 0.05) is 16.3 Å². The van der Waals surface area contributed by atoms with Crippen LogP contribution in [0.15, 0.2) is 36.4 Å². The monoisotopic (exact) mass is 311 g/mol. The van der Waals surface area contributed by atoms with Crippen LogP contribution in [0, 0.1) is 0 Å². The first kappa shape index (κ1) is 13.8. The number of alkyl halides is 3. The molecule has 0 saturated carbocycles. The zero-order valence-corrected chi connectivity index (χ0v) is 11.3. The Hall–Kier alpha value is -2.21. The van der Waals surface area contributed by atoms with Crippen LogP contribution in [-0.2, 0) is 6.18 Å². The van der Waals surface area contributed by atoms with Crippen molar-refractivity contribution >= 4 is 28.3 Å². The molecule has 3 aromatic rings. The van der Waals surface area contributed by atoms with Crippen molar-refractivity contribution in [1.29, 1.82) is 0 Å². The molecule has 2 aromatic carbocycles. The molecule has 3 N–H and O–H groups in total. The number of aromatic amines is 1. The van der Waals surface area contributed by atoms with Crippen molar-refractivity contribution in [2.24, 2.45) is 0 Å². The van der Waals surface area contributed by atoms with Gasteiger partial charge in [0.2, 0.25) is 0 Å². The Bertz CT molecular complexity index is 824. The van der Waals surface area contributed by atoms with Gasteiger partial charge in [-0.2, -0.15) is 13.2 Å². The number of halogens is 4. The molecule has 0 aliphatic carbocycles. The van der Waals surface area contributed by atoms with Crippen LogP contribution in [0.4, 0.5) is 18.9 Å². The molecule has 0 unspecified atom stereocenters. The first-order chi connectivity index (χ1) is 9.83. The van der Waals surface area contributed by atoms with Gasteiger partial charge >= 0.3 is 6.18 Å². The fourth-order valence-electron chi connectivity index (χ4n) is 2.07. The van der Waals surface area contributed by atoms with E-state index in [1.165, 1.54) is 6.07 Å². The third kappa shape index (κ3) is 2.67. The van der Waals surface area contributed by atoms with Crippen molar-refractivity contribution in [2.75, 3.05) is 5.73 Å². The number of fused-ring (bicyclic) bond motifs is 1. The van der Waals surface area contributed by atoms with E-state index >= 15 is 0 Å². The Morgan fingerprint density at radius 3 is 2.57 bits per heavy atom. The summed E-state index contributed by atoms with van der Waals surface area (Å²) in [5.41, 5.74) is 6.30. The average Bonchev–Trinajstić information content (AvgIpc) is 2.80. The Morgan fingerprint density at radius 2 is 1.86 bits per heavy atom. The summed E-state index contributed by atoms with van der Waals surface area (Å²) in [5, 5.41) is 0.515. The van der Waals surface area contributed by atoms with Crippen molar-refractivity contribution in [1.82, 2.24) is 9.97 Å². The fraction of sp³-hybridized carbons (Fsp3) is 0.0714. The number of nitrogens with two attached hydrogens (primary N) is 1. The minimum atomic E-state index is -4.46. The molecule has 1 heterocycles. The van der Waals surface area contributed by atoms with Gasteiger partial charge in [-0.1, -0.05) is 11.6 Å². The zero-order valence-electron chi connectivity index (χ0n) is 10.5. The second-order valence-electron chi connectivity index (χ2n) is 4.59. The molecule has 21 heavy (non-hydrogen) atoms. The number of hydrogen-bond donors (Lipinski definition) is 2. The molecule has 1 aromatic heterocycles. The van der Waals surface area contributed by atoms with Gasteiger partial charge in [-0.15, -0.1) is 0 Å². The number of H-pyrrole nitrogens is 1. The summed E-state index contributed by atoms with van der Waals surface area (Å²) in [5.74, 6) is 0.310. The summed E-state index contributed by atoms with van der Waals surface area (Å²) in [6.07, 6.45) is -4.46. The lowest BCUT2D eigenvalue weighted by Crippen LogP contribution is -2.06. The lowest BCUT2D eigenvalue weighted by molar-refractivity contribution is -0.137. The number of imidazole rings is 1. The number of anilines is 1. The molecule has 0 atom stereocenters.